The number of amides is 1. The SMILES string of the molecule is CC(=O)SCC1(C(=O)NCC(=O)OCc2ccccc2)CCc2ccccc2C1. The first kappa shape index (κ1) is 21.1. The Labute approximate surface area is 175 Å². The minimum atomic E-state index is -0.704. The molecule has 0 saturated carbocycles. The van der Waals surface area contributed by atoms with Crippen molar-refractivity contribution in [3.63, 3.8) is 0 Å². The van der Waals surface area contributed by atoms with Crippen LogP contribution in [0, 0.1) is 5.41 Å². The third-order valence-corrected chi connectivity index (χ3v) is 6.29. The van der Waals surface area contributed by atoms with Crippen molar-refractivity contribution in [1.29, 1.82) is 0 Å². The molecule has 152 valence electrons. The molecule has 0 heterocycles. The summed E-state index contributed by atoms with van der Waals surface area (Å²) in [6.07, 6.45) is 1.99. The van der Waals surface area contributed by atoms with Crippen LogP contribution in [0.4, 0.5) is 0 Å². The molecule has 1 aliphatic carbocycles. The van der Waals surface area contributed by atoms with Crippen molar-refractivity contribution < 1.29 is 19.1 Å². The summed E-state index contributed by atoms with van der Waals surface area (Å²) in [5.74, 6) is -0.271. The van der Waals surface area contributed by atoms with E-state index in [0.717, 1.165) is 17.5 Å². The van der Waals surface area contributed by atoms with E-state index in [1.807, 2.05) is 48.5 Å². The number of hydrogen-bond acceptors (Lipinski definition) is 5. The second-order valence-electron chi connectivity index (χ2n) is 7.34. The second-order valence-corrected chi connectivity index (χ2v) is 8.49. The van der Waals surface area contributed by atoms with Gasteiger partial charge in [-0.2, -0.15) is 0 Å². The molecule has 1 aliphatic rings. The molecule has 0 fully saturated rings. The molecule has 1 atom stereocenters. The standard InChI is InChI=1S/C23H25NO4S/c1-17(25)29-16-23(12-11-19-9-5-6-10-20(19)13-23)22(27)24-14-21(26)28-15-18-7-3-2-4-8-18/h2-10H,11-16H2,1H3,(H,24,27). The third kappa shape index (κ3) is 5.70. The Balaban J connectivity index is 1.61. The van der Waals surface area contributed by atoms with Crippen molar-refractivity contribution in [1.82, 2.24) is 5.32 Å². The molecule has 0 spiro atoms. The number of nitrogens with one attached hydrogen (secondary N) is 1. The largest absolute Gasteiger partial charge is 0.460 e. The van der Waals surface area contributed by atoms with Crippen molar-refractivity contribution in [3.8, 4) is 0 Å². The monoisotopic (exact) mass is 411 g/mol. The lowest BCUT2D eigenvalue weighted by Gasteiger charge is -2.36. The van der Waals surface area contributed by atoms with E-state index in [4.69, 9.17) is 4.74 Å². The number of esters is 1. The van der Waals surface area contributed by atoms with E-state index in [1.165, 1.54) is 24.2 Å². The number of hydrogen-bond donors (Lipinski definition) is 1. The average molecular weight is 412 g/mol. The molecule has 2 aromatic carbocycles. The Morgan fingerprint density at radius 1 is 1.03 bits per heavy atom. The number of benzene rings is 2. The Bertz CT molecular complexity index is 883. The van der Waals surface area contributed by atoms with E-state index >= 15 is 0 Å². The summed E-state index contributed by atoms with van der Waals surface area (Å²) in [7, 11) is 0. The number of rotatable bonds is 7. The normalized spacial score (nSPS) is 17.8. The molecular weight excluding hydrogens is 386 g/mol. The molecule has 5 nitrogen and oxygen atoms in total. The Kier molecular flexibility index (Phi) is 7.09. The van der Waals surface area contributed by atoms with E-state index in [-0.39, 0.29) is 24.2 Å². The van der Waals surface area contributed by atoms with Crippen LogP contribution in [0.25, 0.3) is 0 Å². The van der Waals surface area contributed by atoms with Gasteiger partial charge >= 0.3 is 5.97 Å². The molecule has 0 bridgehead atoms. The topological polar surface area (TPSA) is 72.5 Å². The lowest BCUT2D eigenvalue weighted by atomic mass is 9.72. The smallest absolute Gasteiger partial charge is 0.325 e. The van der Waals surface area contributed by atoms with E-state index in [9.17, 15) is 14.4 Å². The van der Waals surface area contributed by atoms with Crippen LogP contribution in [-0.2, 0) is 38.6 Å². The summed E-state index contributed by atoms with van der Waals surface area (Å²) in [6.45, 7) is 1.50. The van der Waals surface area contributed by atoms with Crippen molar-refractivity contribution in [2.75, 3.05) is 12.3 Å². The predicted molar refractivity (Wildman–Crippen MR) is 113 cm³/mol. The third-order valence-electron chi connectivity index (χ3n) is 5.19. The molecular formula is C23H25NO4S. The maximum Gasteiger partial charge on any atom is 0.325 e. The van der Waals surface area contributed by atoms with Gasteiger partial charge in [-0.25, -0.2) is 0 Å². The number of thioether (sulfide) groups is 1. The van der Waals surface area contributed by atoms with Crippen molar-refractivity contribution in [3.05, 3.63) is 71.3 Å². The van der Waals surface area contributed by atoms with Gasteiger partial charge in [-0.05, 0) is 36.0 Å². The molecule has 1 amide bonds. The van der Waals surface area contributed by atoms with Crippen molar-refractivity contribution in [2.24, 2.45) is 5.41 Å². The van der Waals surface area contributed by atoms with Crippen LogP contribution in [-0.4, -0.2) is 29.3 Å². The molecule has 1 unspecified atom stereocenters. The molecule has 2 aromatic rings. The van der Waals surface area contributed by atoms with Crippen LogP contribution < -0.4 is 5.32 Å². The highest BCUT2D eigenvalue weighted by atomic mass is 32.2. The number of aryl methyl sites for hydroxylation is 1. The highest BCUT2D eigenvalue weighted by Gasteiger charge is 2.41. The van der Waals surface area contributed by atoms with Gasteiger partial charge in [0.2, 0.25) is 5.91 Å². The van der Waals surface area contributed by atoms with Gasteiger partial charge in [0.25, 0.3) is 0 Å². The molecule has 0 aromatic heterocycles. The van der Waals surface area contributed by atoms with Gasteiger partial charge in [0, 0.05) is 12.7 Å². The Hall–Kier alpha value is -2.60. The Morgan fingerprint density at radius 3 is 2.45 bits per heavy atom. The van der Waals surface area contributed by atoms with Gasteiger partial charge in [0.05, 0.1) is 5.41 Å². The van der Waals surface area contributed by atoms with Crippen LogP contribution >= 0.6 is 11.8 Å². The van der Waals surface area contributed by atoms with Gasteiger partial charge in [-0.3, -0.25) is 14.4 Å². The minimum Gasteiger partial charge on any atom is -0.460 e. The van der Waals surface area contributed by atoms with E-state index in [2.05, 4.69) is 11.4 Å². The van der Waals surface area contributed by atoms with E-state index in [1.54, 1.807) is 0 Å². The van der Waals surface area contributed by atoms with Crippen LogP contribution in [0.2, 0.25) is 0 Å². The zero-order valence-electron chi connectivity index (χ0n) is 16.5. The number of carbonyl (C=O) groups excluding carboxylic acids is 3. The van der Waals surface area contributed by atoms with Crippen molar-refractivity contribution in [2.45, 2.75) is 32.8 Å². The van der Waals surface area contributed by atoms with Gasteiger partial charge in [0.15, 0.2) is 5.12 Å². The second kappa shape index (κ2) is 9.74. The molecule has 0 aliphatic heterocycles. The van der Waals surface area contributed by atoms with Gasteiger partial charge < -0.3 is 10.1 Å². The summed E-state index contributed by atoms with van der Waals surface area (Å²) in [5.41, 5.74) is 2.56. The van der Waals surface area contributed by atoms with Gasteiger partial charge in [-0.1, -0.05) is 66.4 Å². The lowest BCUT2D eigenvalue weighted by Crippen LogP contribution is -2.48. The van der Waals surface area contributed by atoms with E-state index < -0.39 is 11.4 Å². The highest BCUT2D eigenvalue weighted by molar-refractivity contribution is 8.13. The summed E-state index contributed by atoms with van der Waals surface area (Å²) in [4.78, 5) is 36.7. The zero-order valence-corrected chi connectivity index (χ0v) is 17.3. The predicted octanol–water partition coefficient (Wildman–Crippen LogP) is 3.30. The first-order valence-electron chi connectivity index (χ1n) is 9.66. The molecule has 3 rings (SSSR count). The molecule has 29 heavy (non-hydrogen) atoms. The fourth-order valence-corrected chi connectivity index (χ4v) is 4.41. The fraction of sp³-hybridized carbons (Fsp3) is 0.348. The van der Waals surface area contributed by atoms with Crippen molar-refractivity contribution >= 4 is 28.8 Å². The van der Waals surface area contributed by atoms with Gasteiger partial charge in [-0.15, -0.1) is 0 Å². The summed E-state index contributed by atoms with van der Waals surface area (Å²) in [5, 5.41) is 2.73. The quantitative estimate of drug-likeness (QED) is 0.708. The molecule has 0 radical (unpaired) electrons. The average Bonchev–Trinajstić information content (AvgIpc) is 2.75. The van der Waals surface area contributed by atoms with Crippen LogP contribution in [0.5, 0.6) is 0 Å². The van der Waals surface area contributed by atoms with Crippen LogP contribution in [0.15, 0.2) is 54.6 Å². The fourth-order valence-electron chi connectivity index (χ4n) is 3.55. The summed E-state index contributed by atoms with van der Waals surface area (Å²) >= 11 is 1.17. The molecule has 6 heteroatoms. The first-order chi connectivity index (χ1) is 14.0. The summed E-state index contributed by atoms with van der Waals surface area (Å²) in [6, 6.07) is 17.5. The molecule has 0 saturated heterocycles. The Morgan fingerprint density at radius 2 is 1.72 bits per heavy atom. The maximum absolute atomic E-state index is 13.1. The number of carbonyl (C=O) groups is 3. The number of fused-ring (bicyclic) bond motifs is 1. The van der Waals surface area contributed by atoms with Crippen LogP contribution in [0.1, 0.15) is 30.0 Å². The van der Waals surface area contributed by atoms with Crippen LogP contribution in [0.3, 0.4) is 0 Å². The first-order valence-corrected chi connectivity index (χ1v) is 10.7. The molecule has 1 N–H and O–H groups in total. The number of ether oxygens (including phenoxy) is 1. The van der Waals surface area contributed by atoms with E-state index in [0.29, 0.717) is 18.6 Å². The lowest BCUT2D eigenvalue weighted by molar-refractivity contribution is -0.146. The van der Waals surface area contributed by atoms with Gasteiger partial charge in [0.1, 0.15) is 13.2 Å². The highest BCUT2D eigenvalue weighted by Crippen LogP contribution is 2.38. The maximum atomic E-state index is 13.1. The zero-order chi connectivity index (χ0) is 20.7. The minimum absolute atomic E-state index is 0.0155. The summed E-state index contributed by atoms with van der Waals surface area (Å²) < 4.78 is 5.24.